The molecule has 1 amide bonds. The van der Waals surface area contributed by atoms with Gasteiger partial charge in [-0.2, -0.15) is 0 Å². The summed E-state index contributed by atoms with van der Waals surface area (Å²) in [5.74, 6) is -1.08. The van der Waals surface area contributed by atoms with Crippen LogP contribution in [0.5, 0.6) is 5.95 Å². The van der Waals surface area contributed by atoms with Crippen LogP contribution in [-0.2, 0) is 14.3 Å². The molecule has 0 aliphatic carbocycles. The van der Waals surface area contributed by atoms with Gasteiger partial charge in [0.25, 0.3) is 0 Å². The van der Waals surface area contributed by atoms with E-state index in [0.717, 1.165) is 11.1 Å². The molecule has 1 heterocycles. The Bertz CT molecular complexity index is 924. The van der Waals surface area contributed by atoms with Gasteiger partial charge in [0.15, 0.2) is 0 Å². The number of amides is 1. The fourth-order valence-electron chi connectivity index (χ4n) is 3.19. The average molecular weight is 380 g/mol. The van der Waals surface area contributed by atoms with Crippen LogP contribution in [-0.4, -0.2) is 37.8 Å². The summed E-state index contributed by atoms with van der Waals surface area (Å²) in [4.78, 5) is 23.8. The first-order valence-corrected chi connectivity index (χ1v) is 8.62. The lowest BCUT2D eigenvalue weighted by atomic mass is 9.83. The van der Waals surface area contributed by atoms with Gasteiger partial charge in [-0.05, 0) is 5.56 Å². The Labute approximate surface area is 162 Å². The van der Waals surface area contributed by atoms with Crippen LogP contribution in [0.4, 0.5) is 0 Å². The number of methoxy groups -OCH3 is 2. The molecule has 0 saturated heterocycles. The van der Waals surface area contributed by atoms with E-state index in [2.05, 4.69) is 10.5 Å². The lowest BCUT2D eigenvalue weighted by Gasteiger charge is -2.25. The minimum Gasteiger partial charge on any atom is -0.467 e. The van der Waals surface area contributed by atoms with E-state index in [4.69, 9.17) is 14.0 Å². The standard InChI is InChI=1S/C21H20N2O5/c1-26-20(25)19(22-13-24)16(14-9-5-3-6-10-14)17-18(23-28-21(17)27-2)15-11-7-4-8-12-15/h3-13,16,19H,1-2H3,(H,22,24)/t16-,19-/m1/s1. The van der Waals surface area contributed by atoms with Gasteiger partial charge in [0.2, 0.25) is 6.41 Å². The lowest BCUT2D eigenvalue weighted by Crippen LogP contribution is -2.42. The second kappa shape index (κ2) is 8.85. The van der Waals surface area contributed by atoms with E-state index in [1.54, 1.807) is 0 Å². The van der Waals surface area contributed by atoms with Gasteiger partial charge >= 0.3 is 11.9 Å². The minimum absolute atomic E-state index is 0.161. The van der Waals surface area contributed by atoms with E-state index in [-0.39, 0.29) is 5.95 Å². The van der Waals surface area contributed by atoms with Gasteiger partial charge in [-0.1, -0.05) is 65.8 Å². The van der Waals surface area contributed by atoms with Crippen molar-refractivity contribution in [3.63, 3.8) is 0 Å². The van der Waals surface area contributed by atoms with Crippen molar-refractivity contribution in [1.29, 1.82) is 0 Å². The number of carbonyl (C=O) groups excluding carboxylic acids is 2. The highest BCUT2D eigenvalue weighted by molar-refractivity contribution is 5.82. The number of nitrogens with one attached hydrogen (secondary N) is 1. The molecule has 0 bridgehead atoms. The average Bonchev–Trinajstić information content (AvgIpc) is 3.18. The van der Waals surface area contributed by atoms with Crippen LogP contribution in [0.1, 0.15) is 17.0 Å². The molecule has 2 aromatic carbocycles. The van der Waals surface area contributed by atoms with E-state index >= 15 is 0 Å². The Morgan fingerprint density at radius 2 is 1.71 bits per heavy atom. The van der Waals surface area contributed by atoms with Crippen LogP contribution in [0.3, 0.4) is 0 Å². The van der Waals surface area contributed by atoms with Gasteiger partial charge in [-0.3, -0.25) is 4.79 Å². The summed E-state index contributed by atoms with van der Waals surface area (Å²) in [5.41, 5.74) is 2.63. The number of esters is 1. The molecule has 0 unspecified atom stereocenters. The minimum atomic E-state index is -0.999. The molecule has 3 aromatic rings. The van der Waals surface area contributed by atoms with Crippen molar-refractivity contribution in [1.82, 2.24) is 10.5 Å². The highest BCUT2D eigenvalue weighted by Crippen LogP contribution is 2.41. The molecule has 0 radical (unpaired) electrons. The number of benzene rings is 2. The Balaban J connectivity index is 2.25. The second-order valence-electron chi connectivity index (χ2n) is 5.98. The molecule has 0 aliphatic heterocycles. The van der Waals surface area contributed by atoms with Gasteiger partial charge in [0.1, 0.15) is 11.7 Å². The molecule has 0 saturated carbocycles. The van der Waals surface area contributed by atoms with Gasteiger partial charge in [0.05, 0.1) is 19.8 Å². The number of hydrogen-bond acceptors (Lipinski definition) is 6. The second-order valence-corrected chi connectivity index (χ2v) is 5.98. The molecule has 7 nitrogen and oxygen atoms in total. The summed E-state index contributed by atoms with van der Waals surface area (Å²) in [5, 5.41) is 6.73. The number of hydrogen-bond donors (Lipinski definition) is 1. The molecule has 2 atom stereocenters. The van der Waals surface area contributed by atoms with Crippen LogP contribution in [0.25, 0.3) is 11.3 Å². The van der Waals surface area contributed by atoms with Crippen molar-refractivity contribution in [2.75, 3.05) is 14.2 Å². The van der Waals surface area contributed by atoms with E-state index < -0.39 is 17.9 Å². The molecule has 1 N–H and O–H groups in total. The molecule has 3 rings (SSSR count). The first kappa shape index (κ1) is 19.2. The van der Waals surface area contributed by atoms with Crippen LogP contribution in [0.15, 0.2) is 65.2 Å². The molecule has 0 aliphatic rings. The lowest BCUT2D eigenvalue weighted by molar-refractivity contribution is -0.144. The van der Waals surface area contributed by atoms with Gasteiger partial charge in [0, 0.05) is 11.5 Å². The monoisotopic (exact) mass is 380 g/mol. The summed E-state index contributed by atoms with van der Waals surface area (Å²) < 4.78 is 15.7. The van der Waals surface area contributed by atoms with Crippen molar-refractivity contribution in [3.05, 3.63) is 71.8 Å². The highest BCUT2D eigenvalue weighted by Gasteiger charge is 2.38. The fraction of sp³-hybridized carbons (Fsp3) is 0.190. The molecule has 7 heteroatoms. The van der Waals surface area contributed by atoms with Gasteiger partial charge in [-0.15, -0.1) is 0 Å². The van der Waals surface area contributed by atoms with E-state index in [0.29, 0.717) is 17.7 Å². The van der Waals surface area contributed by atoms with E-state index in [1.807, 2.05) is 60.7 Å². The van der Waals surface area contributed by atoms with Crippen LogP contribution in [0, 0.1) is 0 Å². The van der Waals surface area contributed by atoms with Crippen molar-refractivity contribution < 1.29 is 23.6 Å². The zero-order valence-electron chi connectivity index (χ0n) is 15.5. The third-order valence-electron chi connectivity index (χ3n) is 4.43. The topological polar surface area (TPSA) is 90.7 Å². The van der Waals surface area contributed by atoms with Crippen molar-refractivity contribution in [3.8, 4) is 17.2 Å². The van der Waals surface area contributed by atoms with Gasteiger partial charge in [-0.25, -0.2) is 4.79 Å². The predicted octanol–water partition coefficient (Wildman–Crippen LogP) is 2.77. The SMILES string of the molecule is COC(=O)[C@H](NC=O)[C@H](c1ccccc1)c1c(-c2ccccc2)noc1OC. The number of rotatable bonds is 8. The summed E-state index contributed by atoms with van der Waals surface area (Å²) in [6, 6.07) is 17.7. The number of aromatic nitrogens is 1. The predicted molar refractivity (Wildman–Crippen MR) is 102 cm³/mol. The Morgan fingerprint density at radius 1 is 1.07 bits per heavy atom. The zero-order chi connectivity index (χ0) is 19.9. The largest absolute Gasteiger partial charge is 0.467 e. The van der Waals surface area contributed by atoms with Crippen molar-refractivity contribution in [2.45, 2.75) is 12.0 Å². The molecular formula is C21H20N2O5. The first-order chi connectivity index (χ1) is 13.7. The van der Waals surface area contributed by atoms with E-state index in [9.17, 15) is 9.59 Å². The number of ether oxygens (including phenoxy) is 2. The van der Waals surface area contributed by atoms with Crippen LogP contribution in [0.2, 0.25) is 0 Å². The zero-order valence-corrected chi connectivity index (χ0v) is 15.5. The molecule has 0 spiro atoms. The van der Waals surface area contributed by atoms with Crippen LogP contribution < -0.4 is 10.1 Å². The molecule has 0 fully saturated rings. The van der Waals surface area contributed by atoms with Crippen molar-refractivity contribution in [2.24, 2.45) is 0 Å². The summed E-state index contributed by atoms with van der Waals surface area (Å²) in [7, 11) is 2.73. The smallest absolute Gasteiger partial charge is 0.329 e. The summed E-state index contributed by atoms with van der Waals surface area (Å²) in [6.07, 6.45) is 0.472. The maximum absolute atomic E-state index is 12.5. The molecule has 28 heavy (non-hydrogen) atoms. The normalized spacial score (nSPS) is 12.6. The molecule has 1 aromatic heterocycles. The molecule has 144 valence electrons. The molecular weight excluding hydrogens is 360 g/mol. The maximum Gasteiger partial charge on any atom is 0.329 e. The summed E-state index contributed by atoms with van der Waals surface area (Å²) in [6.45, 7) is 0. The maximum atomic E-state index is 12.5. The van der Waals surface area contributed by atoms with Crippen LogP contribution >= 0.6 is 0 Å². The first-order valence-electron chi connectivity index (χ1n) is 8.62. The Kier molecular flexibility index (Phi) is 6.06. The summed E-state index contributed by atoms with van der Waals surface area (Å²) >= 11 is 0. The van der Waals surface area contributed by atoms with Crippen molar-refractivity contribution >= 4 is 12.4 Å². The Morgan fingerprint density at radius 3 is 2.29 bits per heavy atom. The fourth-order valence-corrected chi connectivity index (χ4v) is 3.19. The quantitative estimate of drug-likeness (QED) is 0.477. The number of carbonyl (C=O) groups is 2. The third-order valence-corrected chi connectivity index (χ3v) is 4.43. The highest BCUT2D eigenvalue weighted by atomic mass is 16.6. The Hall–Kier alpha value is -3.61. The third kappa shape index (κ3) is 3.73. The van der Waals surface area contributed by atoms with Gasteiger partial charge < -0.3 is 19.3 Å². The number of nitrogens with zero attached hydrogens (tertiary/aromatic N) is 1. The van der Waals surface area contributed by atoms with E-state index in [1.165, 1.54) is 14.2 Å².